The largest absolute Gasteiger partial charge is 0.391 e. The molecule has 4 heteroatoms. The highest BCUT2D eigenvalue weighted by atomic mass is 79.9. The Hall–Kier alpha value is -0.0600. The lowest BCUT2D eigenvalue weighted by Crippen LogP contribution is -2.27. The van der Waals surface area contributed by atoms with Crippen molar-refractivity contribution in [3.05, 3.63) is 27.1 Å². The predicted molar refractivity (Wildman–Crippen MR) is 69.1 cm³/mol. The minimum atomic E-state index is -0.208. The second kappa shape index (κ2) is 4.85. The molecular formula is C11H13Br2NO. The van der Waals surface area contributed by atoms with E-state index >= 15 is 0 Å². The van der Waals surface area contributed by atoms with Crippen LogP contribution in [0.5, 0.6) is 0 Å². The first-order valence-electron chi connectivity index (χ1n) is 5.06. The van der Waals surface area contributed by atoms with Crippen molar-refractivity contribution in [2.75, 3.05) is 5.32 Å². The molecule has 1 aromatic rings. The minimum absolute atomic E-state index is 0.197. The van der Waals surface area contributed by atoms with Gasteiger partial charge < -0.3 is 10.4 Å². The zero-order valence-corrected chi connectivity index (χ0v) is 11.4. The summed E-state index contributed by atoms with van der Waals surface area (Å²) in [5.74, 6) is 0. The van der Waals surface area contributed by atoms with Crippen molar-refractivity contribution >= 4 is 37.5 Å². The van der Waals surface area contributed by atoms with Crippen molar-refractivity contribution in [3.8, 4) is 0 Å². The summed E-state index contributed by atoms with van der Waals surface area (Å²) in [6.07, 6.45) is 2.85. The first-order valence-corrected chi connectivity index (χ1v) is 6.65. The van der Waals surface area contributed by atoms with Gasteiger partial charge in [-0.2, -0.15) is 0 Å². The Bertz CT molecular complexity index is 356. The quantitative estimate of drug-likeness (QED) is 0.867. The molecule has 0 amide bonds. The highest BCUT2D eigenvalue weighted by Crippen LogP contribution is 2.29. The van der Waals surface area contributed by atoms with Crippen molar-refractivity contribution in [3.63, 3.8) is 0 Å². The highest BCUT2D eigenvalue weighted by Gasteiger charge is 2.25. The third-order valence-electron chi connectivity index (χ3n) is 2.75. The molecule has 0 spiro atoms. The number of hydrogen-bond donors (Lipinski definition) is 2. The molecule has 82 valence electrons. The molecule has 0 radical (unpaired) electrons. The van der Waals surface area contributed by atoms with Gasteiger partial charge in [0.25, 0.3) is 0 Å². The van der Waals surface area contributed by atoms with Crippen molar-refractivity contribution in [1.82, 2.24) is 0 Å². The Balaban J connectivity index is 2.10. The molecule has 2 rings (SSSR count). The SMILES string of the molecule is O[C@H]1CCC[C@@H]1Nc1ccc(Br)cc1Br. The van der Waals surface area contributed by atoms with Gasteiger partial charge in [-0.25, -0.2) is 0 Å². The third-order valence-corrected chi connectivity index (χ3v) is 3.90. The summed E-state index contributed by atoms with van der Waals surface area (Å²) in [6.45, 7) is 0. The maximum atomic E-state index is 9.71. The number of hydrogen-bond acceptors (Lipinski definition) is 2. The summed E-state index contributed by atoms with van der Waals surface area (Å²) >= 11 is 6.91. The van der Waals surface area contributed by atoms with Gasteiger partial charge in [-0.05, 0) is 53.4 Å². The monoisotopic (exact) mass is 333 g/mol. The standard InChI is InChI=1S/C11H13Br2NO/c12-7-4-5-9(8(13)6-7)14-10-2-1-3-11(10)15/h4-6,10-11,14-15H,1-3H2/t10-,11-/m0/s1. The molecule has 2 nitrogen and oxygen atoms in total. The van der Waals surface area contributed by atoms with E-state index < -0.39 is 0 Å². The number of rotatable bonds is 2. The fraction of sp³-hybridized carbons (Fsp3) is 0.455. The maximum absolute atomic E-state index is 9.71. The summed E-state index contributed by atoms with van der Waals surface area (Å²) in [4.78, 5) is 0. The van der Waals surface area contributed by atoms with Crippen LogP contribution in [0.1, 0.15) is 19.3 Å². The molecule has 1 aliphatic rings. The van der Waals surface area contributed by atoms with E-state index in [0.29, 0.717) is 0 Å². The van der Waals surface area contributed by atoms with Crippen LogP contribution in [-0.2, 0) is 0 Å². The topological polar surface area (TPSA) is 32.3 Å². The van der Waals surface area contributed by atoms with Crippen LogP contribution in [0.15, 0.2) is 27.1 Å². The molecule has 0 heterocycles. The molecule has 0 bridgehead atoms. The number of benzene rings is 1. The number of nitrogens with one attached hydrogen (secondary N) is 1. The van der Waals surface area contributed by atoms with Gasteiger partial charge in [-0.15, -0.1) is 0 Å². The number of aliphatic hydroxyl groups excluding tert-OH is 1. The van der Waals surface area contributed by atoms with E-state index in [4.69, 9.17) is 0 Å². The minimum Gasteiger partial charge on any atom is -0.391 e. The molecule has 0 saturated heterocycles. The average molecular weight is 335 g/mol. The Morgan fingerprint density at radius 3 is 2.67 bits per heavy atom. The highest BCUT2D eigenvalue weighted by molar-refractivity contribution is 9.11. The Morgan fingerprint density at radius 1 is 1.27 bits per heavy atom. The molecule has 1 saturated carbocycles. The van der Waals surface area contributed by atoms with Gasteiger partial charge in [0, 0.05) is 14.6 Å². The van der Waals surface area contributed by atoms with Crippen LogP contribution >= 0.6 is 31.9 Å². The van der Waals surface area contributed by atoms with Gasteiger partial charge in [0.15, 0.2) is 0 Å². The molecule has 1 aromatic carbocycles. The lowest BCUT2D eigenvalue weighted by molar-refractivity contribution is 0.172. The van der Waals surface area contributed by atoms with Crippen molar-refractivity contribution in [2.45, 2.75) is 31.4 Å². The van der Waals surface area contributed by atoms with Crippen LogP contribution < -0.4 is 5.32 Å². The summed E-state index contributed by atoms with van der Waals surface area (Å²) in [5, 5.41) is 13.1. The summed E-state index contributed by atoms with van der Waals surface area (Å²) < 4.78 is 2.07. The molecule has 1 aliphatic carbocycles. The summed E-state index contributed by atoms with van der Waals surface area (Å²) in [6, 6.07) is 6.21. The number of anilines is 1. The van der Waals surface area contributed by atoms with Crippen LogP contribution in [0.4, 0.5) is 5.69 Å². The van der Waals surface area contributed by atoms with E-state index in [1.807, 2.05) is 18.2 Å². The van der Waals surface area contributed by atoms with Gasteiger partial charge in [0.05, 0.1) is 12.1 Å². The van der Waals surface area contributed by atoms with E-state index in [0.717, 1.165) is 33.9 Å². The first kappa shape index (κ1) is 11.4. The third kappa shape index (κ3) is 2.74. The lowest BCUT2D eigenvalue weighted by Gasteiger charge is -2.18. The zero-order chi connectivity index (χ0) is 10.8. The molecular weight excluding hydrogens is 322 g/mol. The zero-order valence-electron chi connectivity index (χ0n) is 8.21. The Labute approximate surface area is 106 Å². The van der Waals surface area contributed by atoms with Crippen LogP contribution in [0.25, 0.3) is 0 Å². The van der Waals surface area contributed by atoms with Gasteiger partial charge in [0.1, 0.15) is 0 Å². The van der Waals surface area contributed by atoms with E-state index in [1.165, 1.54) is 0 Å². The Morgan fingerprint density at radius 2 is 2.07 bits per heavy atom. The average Bonchev–Trinajstić information content (AvgIpc) is 2.57. The van der Waals surface area contributed by atoms with E-state index in [-0.39, 0.29) is 12.1 Å². The molecule has 0 unspecified atom stereocenters. The molecule has 0 aromatic heterocycles. The first-order chi connectivity index (χ1) is 7.16. The van der Waals surface area contributed by atoms with Crippen molar-refractivity contribution < 1.29 is 5.11 Å². The van der Waals surface area contributed by atoms with Crippen molar-refractivity contribution in [2.24, 2.45) is 0 Å². The maximum Gasteiger partial charge on any atom is 0.0741 e. The fourth-order valence-electron chi connectivity index (χ4n) is 1.92. The number of halogens is 2. The number of aliphatic hydroxyl groups is 1. The predicted octanol–water partition coefficient (Wildman–Crippen LogP) is 3.54. The second-order valence-electron chi connectivity index (χ2n) is 3.87. The van der Waals surface area contributed by atoms with Gasteiger partial charge in [-0.1, -0.05) is 15.9 Å². The van der Waals surface area contributed by atoms with Crippen LogP contribution in [0.3, 0.4) is 0 Å². The fourth-order valence-corrected chi connectivity index (χ4v) is 3.08. The van der Waals surface area contributed by atoms with Gasteiger partial charge in [-0.3, -0.25) is 0 Å². The van der Waals surface area contributed by atoms with E-state index in [9.17, 15) is 5.11 Å². The van der Waals surface area contributed by atoms with E-state index in [1.54, 1.807) is 0 Å². The van der Waals surface area contributed by atoms with Gasteiger partial charge >= 0.3 is 0 Å². The summed E-state index contributed by atoms with van der Waals surface area (Å²) in [5.41, 5.74) is 1.05. The molecule has 15 heavy (non-hydrogen) atoms. The molecule has 1 fully saturated rings. The normalized spacial score (nSPS) is 25.5. The molecule has 2 N–H and O–H groups in total. The molecule has 2 atom stereocenters. The van der Waals surface area contributed by atoms with Crippen LogP contribution in [0.2, 0.25) is 0 Å². The summed E-state index contributed by atoms with van der Waals surface area (Å²) in [7, 11) is 0. The van der Waals surface area contributed by atoms with E-state index in [2.05, 4.69) is 37.2 Å². The Kier molecular flexibility index (Phi) is 3.69. The smallest absolute Gasteiger partial charge is 0.0741 e. The second-order valence-corrected chi connectivity index (χ2v) is 5.64. The lowest BCUT2D eigenvalue weighted by atomic mass is 10.2. The van der Waals surface area contributed by atoms with Crippen LogP contribution in [-0.4, -0.2) is 17.3 Å². The molecule has 0 aliphatic heterocycles. The van der Waals surface area contributed by atoms with Crippen molar-refractivity contribution in [1.29, 1.82) is 0 Å². The van der Waals surface area contributed by atoms with Gasteiger partial charge in [0.2, 0.25) is 0 Å². The van der Waals surface area contributed by atoms with Crippen LogP contribution in [0, 0.1) is 0 Å².